The van der Waals surface area contributed by atoms with Gasteiger partial charge in [0.2, 0.25) is 0 Å². The van der Waals surface area contributed by atoms with Crippen molar-refractivity contribution in [3.05, 3.63) is 0 Å². The lowest BCUT2D eigenvalue weighted by molar-refractivity contribution is 0.0137. The Bertz CT molecular complexity index is 182. The molecule has 0 aromatic carbocycles. The van der Waals surface area contributed by atoms with Gasteiger partial charge in [0, 0.05) is 12.6 Å². The van der Waals surface area contributed by atoms with Crippen molar-refractivity contribution in [1.82, 2.24) is 5.32 Å². The fourth-order valence-electron chi connectivity index (χ4n) is 2.57. The van der Waals surface area contributed by atoms with Gasteiger partial charge in [-0.3, -0.25) is 0 Å². The maximum atomic E-state index is 5.96. The first-order valence-electron chi connectivity index (χ1n) is 7.53. The summed E-state index contributed by atoms with van der Waals surface area (Å²) >= 11 is 0. The smallest absolute Gasteiger partial charge is 0.0577 e. The molecule has 2 heteroatoms. The zero-order valence-corrected chi connectivity index (χ0v) is 12.0. The normalized spacial score (nSPS) is 25.4. The molecular weight excluding hydrogens is 210 g/mol. The summed E-state index contributed by atoms with van der Waals surface area (Å²) in [5, 5.41) is 3.45. The summed E-state index contributed by atoms with van der Waals surface area (Å²) in [4.78, 5) is 0. The number of unbranched alkanes of at least 4 members (excludes halogenated alkanes) is 2. The van der Waals surface area contributed by atoms with Gasteiger partial charge in [-0.15, -0.1) is 0 Å². The van der Waals surface area contributed by atoms with Gasteiger partial charge in [-0.25, -0.2) is 0 Å². The molecule has 1 rings (SSSR count). The Morgan fingerprint density at radius 3 is 2.71 bits per heavy atom. The van der Waals surface area contributed by atoms with Gasteiger partial charge in [0.1, 0.15) is 0 Å². The van der Waals surface area contributed by atoms with Crippen LogP contribution in [0, 0.1) is 5.92 Å². The third-order valence-electron chi connectivity index (χ3n) is 3.62. The number of hydrogen-bond acceptors (Lipinski definition) is 2. The van der Waals surface area contributed by atoms with Crippen molar-refractivity contribution in [2.45, 2.75) is 77.9 Å². The van der Waals surface area contributed by atoms with Gasteiger partial charge in [0.15, 0.2) is 0 Å². The number of ether oxygens (including phenoxy) is 1. The van der Waals surface area contributed by atoms with Gasteiger partial charge in [0.05, 0.1) is 6.10 Å². The standard InChI is InChI=1S/C15H31NO/c1-13(2)16-10-5-4-6-11-17-15-9-7-8-14(3)12-15/h13-16H,4-12H2,1-3H3. The second kappa shape index (κ2) is 8.93. The molecule has 0 radical (unpaired) electrons. The highest BCUT2D eigenvalue weighted by Crippen LogP contribution is 2.25. The van der Waals surface area contributed by atoms with Crippen molar-refractivity contribution >= 4 is 0 Å². The van der Waals surface area contributed by atoms with Crippen molar-refractivity contribution in [3.8, 4) is 0 Å². The predicted octanol–water partition coefficient (Wildman–Crippen LogP) is 3.75. The van der Waals surface area contributed by atoms with E-state index in [1.165, 1.54) is 44.9 Å². The van der Waals surface area contributed by atoms with E-state index in [4.69, 9.17) is 4.74 Å². The molecule has 102 valence electrons. The summed E-state index contributed by atoms with van der Waals surface area (Å²) in [7, 11) is 0. The van der Waals surface area contributed by atoms with E-state index in [2.05, 4.69) is 26.1 Å². The zero-order chi connectivity index (χ0) is 12.5. The summed E-state index contributed by atoms with van der Waals surface area (Å²) < 4.78 is 5.96. The van der Waals surface area contributed by atoms with Crippen molar-refractivity contribution in [2.24, 2.45) is 5.92 Å². The SMILES string of the molecule is CC1CCCC(OCCCCCNC(C)C)C1. The van der Waals surface area contributed by atoms with Crippen LogP contribution in [0.4, 0.5) is 0 Å². The van der Waals surface area contributed by atoms with Gasteiger partial charge < -0.3 is 10.1 Å². The first-order valence-corrected chi connectivity index (χ1v) is 7.53. The fourth-order valence-corrected chi connectivity index (χ4v) is 2.57. The molecule has 1 fully saturated rings. The summed E-state index contributed by atoms with van der Waals surface area (Å²) in [5.74, 6) is 0.879. The zero-order valence-electron chi connectivity index (χ0n) is 12.0. The summed E-state index contributed by atoms with van der Waals surface area (Å²) in [6.07, 6.45) is 9.71. The lowest BCUT2D eigenvalue weighted by Gasteiger charge is -2.26. The molecule has 2 unspecified atom stereocenters. The highest BCUT2D eigenvalue weighted by molar-refractivity contribution is 4.70. The quantitative estimate of drug-likeness (QED) is 0.653. The van der Waals surface area contributed by atoms with Crippen molar-refractivity contribution in [1.29, 1.82) is 0 Å². The molecule has 2 atom stereocenters. The second-order valence-electron chi connectivity index (χ2n) is 5.93. The topological polar surface area (TPSA) is 21.3 Å². The van der Waals surface area contributed by atoms with Crippen LogP contribution in [-0.2, 0) is 4.74 Å². The minimum absolute atomic E-state index is 0.563. The number of nitrogens with one attached hydrogen (secondary N) is 1. The third kappa shape index (κ3) is 7.77. The van der Waals surface area contributed by atoms with E-state index in [1.54, 1.807) is 0 Å². The monoisotopic (exact) mass is 241 g/mol. The predicted molar refractivity (Wildman–Crippen MR) is 74.4 cm³/mol. The van der Waals surface area contributed by atoms with Crippen LogP contribution in [-0.4, -0.2) is 25.3 Å². The maximum Gasteiger partial charge on any atom is 0.0577 e. The molecule has 1 N–H and O–H groups in total. The highest BCUT2D eigenvalue weighted by Gasteiger charge is 2.18. The van der Waals surface area contributed by atoms with Crippen LogP contribution in [0.25, 0.3) is 0 Å². The summed E-state index contributed by atoms with van der Waals surface area (Å²) in [5.41, 5.74) is 0. The Morgan fingerprint density at radius 2 is 2.00 bits per heavy atom. The molecule has 1 aliphatic rings. The molecule has 0 amide bonds. The molecule has 1 saturated carbocycles. The first kappa shape index (κ1) is 15.0. The fraction of sp³-hybridized carbons (Fsp3) is 1.00. The Labute approximate surface area is 108 Å². The van der Waals surface area contributed by atoms with Crippen molar-refractivity contribution in [2.75, 3.05) is 13.2 Å². The minimum Gasteiger partial charge on any atom is -0.378 e. The first-order chi connectivity index (χ1) is 8.18. The van der Waals surface area contributed by atoms with Crippen LogP contribution in [0.15, 0.2) is 0 Å². The minimum atomic E-state index is 0.563. The highest BCUT2D eigenvalue weighted by atomic mass is 16.5. The molecule has 2 nitrogen and oxygen atoms in total. The van der Waals surface area contributed by atoms with Crippen LogP contribution < -0.4 is 5.32 Å². The second-order valence-corrected chi connectivity index (χ2v) is 5.93. The summed E-state index contributed by atoms with van der Waals surface area (Å²) in [6.45, 7) is 8.88. The van der Waals surface area contributed by atoms with Crippen LogP contribution in [0.3, 0.4) is 0 Å². The molecule has 0 spiro atoms. The Hall–Kier alpha value is -0.0800. The number of rotatable bonds is 8. The van der Waals surface area contributed by atoms with E-state index in [-0.39, 0.29) is 0 Å². The van der Waals surface area contributed by atoms with E-state index in [0.717, 1.165) is 19.1 Å². The lowest BCUT2D eigenvalue weighted by Crippen LogP contribution is -2.24. The van der Waals surface area contributed by atoms with Gasteiger partial charge in [-0.1, -0.05) is 33.6 Å². The van der Waals surface area contributed by atoms with E-state index < -0.39 is 0 Å². The molecular formula is C15H31NO. The molecule has 0 heterocycles. The van der Waals surface area contributed by atoms with Gasteiger partial charge in [0.25, 0.3) is 0 Å². The average molecular weight is 241 g/mol. The molecule has 0 aliphatic heterocycles. The maximum absolute atomic E-state index is 5.96. The van der Waals surface area contributed by atoms with Gasteiger partial charge >= 0.3 is 0 Å². The molecule has 0 bridgehead atoms. The van der Waals surface area contributed by atoms with E-state index >= 15 is 0 Å². The molecule has 0 aromatic rings. The Kier molecular flexibility index (Phi) is 7.87. The van der Waals surface area contributed by atoms with Crippen molar-refractivity contribution < 1.29 is 4.74 Å². The number of hydrogen-bond donors (Lipinski definition) is 1. The van der Waals surface area contributed by atoms with Crippen molar-refractivity contribution in [3.63, 3.8) is 0 Å². The largest absolute Gasteiger partial charge is 0.378 e. The van der Waals surface area contributed by atoms with Crippen LogP contribution in [0.1, 0.15) is 65.7 Å². The molecule has 0 aromatic heterocycles. The van der Waals surface area contributed by atoms with Gasteiger partial charge in [-0.05, 0) is 44.6 Å². The Balaban J connectivity index is 1.86. The lowest BCUT2D eigenvalue weighted by atomic mass is 9.89. The molecule has 1 aliphatic carbocycles. The van der Waals surface area contributed by atoms with E-state index in [9.17, 15) is 0 Å². The van der Waals surface area contributed by atoms with Crippen LogP contribution in [0.2, 0.25) is 0 Å². The Morgan fingerprint density at radius 1 is 1.18 bits per heavy atom. The van der Waals surface area contributed by atoms with Crippen LogP contribution in [0.5, 0.6) is 0 Å². The third-order valence-corrected chi connectivity index (χ3v) is 3.62. The average Bonchev–Trinajstić information content (AvgIpc) is 2.27. The van der Waals surface area contributed by atoms with E-state index in [1.807, 2.05) is 0 Å². The van der Waals surface area contributed by atoms with Crippen LogP contribution >= 0.6 is 0 Å². The molecule has 0 saturated heterocycles. The summed E-state index contributed by atoms with van der Waals surface area (Å²) in [6, 6.07) is 0.620. The molecule has 17 heavy (non-hydrogen) atoms. The van der Waals surface area contributed by atoms with Gasteiger partial charge in [-0.2, -0.15) is 0 Å². The van der Waals surface area contributed by atoms with E-state index in [0.29, 0.717) is 12.1 Å².